The van der Waals surface area contributed by atoms with Crippen LogP contribution in [0.3, 0.4) is 0 Å². The van der Waals surface area contributed by atoms with E-state index in [1.165, 1.54) is 7.11 Å². The largest absolute Gasteiger partial charge is 0.467 e. The lowest BCUT2D eigenvalue weighted by molar-refractivity contribution is -0.150. The van der Waals surface area contributed by atoms with Crippen LogP contribution in [-0.2, 0) is 24.5 Å². The van der Waals surface area contributed by atoms with Crippen molar-refractivity contribution < 1.29 is 19.0 Å². The Morgan fingerprint density at radius 1 is 1.33 bits per heavy atom. The van der Waals surface area contributed by atoms with Gasteiger partial charge in [0.1, 0.15) is 0 Å². The number of carbonyl (C=O) groups is 1. The van der Waals surface area contributed by atoms with Crippen LogP contribution in [0.4, 0.5) is 0 Å². The molecule has 1 fully saturated rings. The Balaban J connectivity index is 1.98. The van der Waals surface area contributed by atoms with Crippen LogP contribution in [0, 0.1) is 5.92 Å². The Labute approximate surface area is 125 Å². The van der Waals surface area contributed by atoms with E-state index in [-0.39, 0.29) is 6.61 Å². The van der Waals surface area contributed by atoms with E-state index in [1.54, 1.807) is 0 Å². The van der Waals surface area contributed by atoms with E-state index in [0.29, 0.717) is 18.1 Å². The van der Waals surface area contributed by atoms with E-state index in [1.807, 2.05) is 30.3 Å². The second-order valence-corrected chi connectivity index (χ2v) is 5.40. The van der Waals surface area contributed by atoms with E-state index in [4.69, 9.17) is 19.9 Å². The molecular weight excluding hydrogens is 270 g/mol. The summed E-state index contributed by atoms with van der Waals surface area (Å²) in [6, 6.07) is 9.20. The van der Waals surface area contributed by atoms with Gasteiger partial charge in [0.2, 0.25) is 0 Å². The zero-order valence-electron chi connectivity index (χ0n) is 12.4. The van der Waals surface area contributed by atoms with E-state index in [2.05, 4.69) is 0 Å². The van der Waals surface area contributed by atoms with Crippen molar-refractivity contribution in [3.05, 3.63) is 35.9 Å². The van der Waals surface area contributed by atoms with E-state index >= 15 is 0 Å². The zero-order valence-corrected chi connectivity index (χ0v) is 12.4. The third-order valence-corrected chi connectivity index (χ3v) is 3.86. The topological polar surface area (TPSA) is 70.8 Å². The van der Waals surface area contributed by atoms with Crippen LogP contribution in [-0.4, -0.2) is 39.5 Å². The predicted octanol–water partition coefficient (Wildman–Crippen LogP) is 1.46. The molecule has 0 radical (unpaired) electrons. The lowest BCUT2D eigenvalue weighted by Gasteiger charge is -2.28. The van der Waals surface area contributed by atoms with E-state index in [9.17, 15) is 4.79 Å². The molecule has 21 heavy (non-hydrogen) atoms. The summed E-state index contributed by atoms with van der Waals surface area (Å²) in [5.41, 5.74) is 5.70. The average molecular weight is 293 g/mol. The molecule has 2 N–H and O–H groups in total. The van der Waals surface area contributed by atoms with Gasteiger partial charge in [-0.15, -0.1) is 0 Å². The first-order chi connectivity index (χ1) is 10.2. The normalized spacial score (nSPS) is 19.0. The Hall–Kier alpha value is -1.43. The van der Waals surface area contributed by atoms with E-state index < -0.39 is 11.5 Å². The van der Waals surface area contributed by atoms with Crippen LogP contribution in [0.5, 0.6) is 0 Å². The molecule has 0 spiro atoms. The van der Waals surface area contributed by atoms with Crippen molar-refractivity contribution in [2.24, 2.45) is 11.7 Å². The summed E-state index contributed by atoms with van der Waals surface area (Å²) in [6.45, 7) is 2.25. The number of hydrogen-bond donors (Lipinski definition) is 1. The minimum absolute atomic E-state index is 0.112. The van der Waals surface area contributed by atoms with Gasteiger partial charge >= 0.3 is 5.97 Å². The second kappa shape index (κ2) is 7.54. The molecule has 0 aliphatic carbocycles. The van der Waals surface area contributed by atoms with Gasteiger partial charge in [0.25, 0.3) is 0 Å². The molecule has 1 atom stereocenters. The smallest absolute Gasteiger partial charge is 0.332 e. The average Bonchev–Trinajstić information content (AvgIpc) is 2.55. The monoisotopic (exact) mass is 293 g/mol. The standard InChI is InChI=1S/C16H23NO4/c1-19-15(18)16(17,14-5-3-2-4-6-14)12-21-11-13-7-9-20-10-8-13/h2-6,13H,7-12,17H2,1H3. The number of carbonyl (C=O) groups excluding carboxylic acids is 1. The molecule has 1 aliphatic heterocycles. The molecule has 1 heterocycles. The van der Waals surface area contributed by atoms with Gasteiger partial charge in [-0.05, 0) is 24.3 Å². The quantitative estimate of drug-likeness (QED) is 0.804. The number of rotatable bonds is 6. The molecular formula is C16H23NO4. The summed E-state index contributed by atoms with van der Waals surface area (Å²) in [7, 11) is 1.34. The molecule has 0 saturated carbocycles. The maximum absolute atomic E-state index is 12.1. The molecule has 5 nitrogen and oxygen atoms in total. The first-order valence-corrected chi connectivity index (χ1v) is 7.25. The number of esters is 1. The fourth-order valence-corrected chi connectivity index (χ4v) is 2.48. The zero-order chi connectivity index (χ0) is 15.1. The van der Waals surface area contributed by atoms with Crippen molar-refractivity contribution in [1.82, 2.24) is 0 Å². The van der Waals surface area contributed by atoms with Gasteiger partial charge in [-0.1, -0.05) is 30.3 Å². The second-order valence-electron chi connectivity index (χ2n) is 5.40. The van der Waals surface area contributed by atoms with Crippen molar-refractivity contribution in [3.63, 3.8) is 0 Å². The summed E-state index contributed by atoms with van der Waals surface area (Å²) < 4.78 is 15.9. The summed E-state index contributed by atoms with van der Waals surface area (Å²) >= 11 is 0. The highest BCUT2D eigenvalue weighted by Gasteiger charge is 2.37. The summed E-state index contributed by atoms with van der Waals surface area (Å²) in [5.74, 6) is -0.0166. The minimum atomic E-state index is -1.26. The number of methoxy groups -OCH3 is 1. The fourth-order valence-electron chi connectivity index (χ4n) is 2.48. The van der Waals surface area contributed by atoms with Crippen LogP contribution in [0.15, 0.2) is 30.3 Å². The molecule has 5 heteroatoms. The van der Waals surface area contributed by atoms with Gasteiger partial charge < -0.3 is 19.9 Å². The first-order valence-electron chi connectivity index (χ1n) is 7.25. The van der Waals surface area contributed by atoms with Gasteiger partial charge in [-0.3, -0.25) is 0 Å². The van der Waals surface area contributed by atoms with Gasteiger partial charge in [-0.25, -0.2) is 4.79 Å². The highest BCUT2D eigenvalue weighted by Crippen LogP contribution is 2.22. The number of nitrogens with two attached hydrogens (primary N) is 1. The lowest BCUT2D eigenvalue weighted by atomic mass is 9.92. The maximum Gasteiger partial charge on any atom is 0.332 e. The van der Waals surface area contributed by atoms with Crippen LogP contribution in [0.1, 0.15) is 18.4 Å². The van der Waals surface area contributed by atoms with Gasteiger partial charge in [0, 0.05) is 19.8 Å². The van der Waals surface area contributed by atoms with Crippen molar-refractivity contribution in [2.75, 3.05) is 33.5 Å². The molecule has 116 valence electrons. The molecule has 1 unspecified atom stereocenters. The molecule has 1 aliphatic rings. The predicted molar refractivity (Wildman–Crippen MR) is 78.7 cm³/mol. The van der Waals surface area contributed by atoms with Crippen LogP contribution in [0.2, 0.25) is 0 Å². The third kappa shape index (κ3) is 4.03. The Kier molecular flexibility index (Phi) is 5.73. The number of ether oxygens (including phenoxy) is 3. The number of benzene rings is 1. The van der Waals surface area contributed by atoms with E-state index in [0.717, 1.165) is 26.1 Å². The van der Waals surface area contributed by atoms with Crippen LogP contribution >= 0.6 is 0 Å². The van der Waals surface area contributed by atoms with Crippen LogP contribution < -0.4 is 5.73 Å². The molecule has 1 aromatic rings. The van der Waals surface area contributed by atoms with Gasteiger partial charge in [0.15, 0.2) is 5.54 Å². The lowest BCUT2D eigenvalue weighted by Crippen LogP contribution is -2.50. The summed E-state index contributed by atoms with van der Waals surface area (Å²) in [5, 5.41) is 0. The molecule has 0 amide bonds. The minimum Gasteiger partial charge on any atom is -0.467 e. The number of hydrogen-bond acceptors (Lipinski definition) is 5. The molecule has 1 aromatic carbocycles. The summed E-state index contributed by atoms with van der Waals surface area (Å²) in [6.07, 6.45) is 1.97. The highest BCUT2D eigenvalue weighted by molar-refractivity contribution is 5.82. The van der Waals surface area contributed by atoms with Crippen molar-refractivity contribution in [1.29, 1.82) is 0 Å². The van der Waals surface area contributed by atoms with Crippen LogP contribution in [0.25, 0.3) is 0 Å². The highest BCUT2D eigenvalue weighted by atomic mass is 16.5. The van der Waals surface area contributed by atoms with Gasteiger partial charge in [-0.2, -0.15) is 0 Å². The van der Waals surface area contributed by atoms with Crippen molar-refractivity contribution in [3.8, 4) is 0 Å². The molecule has 0 aromatic heterocycles. The fraction of sp³-hybridized carbons (Fsp3) is 0.562. The summed E-state index contributed by atoms with van der Waals surface area (Å²) in [4.78, 5) is 12.1. The molecule has 0 bridgehead atoms. The maximum atomic E-state index is 12.1. The first kappa shape index (κ1) is 15.9. The Morgan fingerprint density at radius 2 is 2.00 bits per heavy atom. The molecule has 1 saturated heterocycles. The molecule has 2 rings (SSSR count). The SMILES string of the molecule is COC(=O)C(N)(COCC1CCOCC1)c1ccccc1. The third-order valence-electron chi connectivity index (χ3n) is 3.86. The van der Waals surface area contributed by atoms with Gasteiger partial charge in [0.05, 0.1) is 13.7 Å². The Bertz CT molecular complexity index is 445. The Morgan fingerprint density at radius 3 is 2.62 bits per heavy atom. The van der Waals surface area contributed by atoms with Crippen molar-refractivity contribution >= 4 is 5.97 Å². The van der Waals surface area contributed by atoms with Crippen molar-refractivity contribution in [2.45, 2.75) is 18.4 Å².